The summed E-state index contributed by atoms with van der Waals surface area (Å²) in [6.07, 6.45) is 2.24. The van der Waals surface area contributed by atoms with Gasteiger partial charge in [-0.1, -0.05) is 28.1 Å². The highest BCUT2D eigenvalue weighted by molar-refractivity contribution is 9.11. The van der Waals surface area contributed by atoms with E-state index >= 15 is 0 Å². The minimum Gasteiger partial charge on any atom is -0.483 e. The maximum Gasteiger partial charge on any atom is 0.264 e. The molecule has 126 valence electrons. The Morgan fingerprint density at radius 2 is 1.96 bits per heavy atom. The first kappa shape index (κ1) is 17.6. The first-order valence-corrected chi connectivity index (χ1v) is 9.63. The number of likely N-dealkylation sites (tertiary alicyclic amines) is 1. The summed E-state index contributed by atoms with van der Waals surface area (Å²) in [7, 11) is 0. The molecule has 3 rings (SSSR count). The molecule has 4 nitrogen and oxygen atoms in total. The van der Waals surface area contributed by atoms with Gasteiger partial charge in [-0.3, -0.25) is 4.79 Å². The Hall–Kier alpha value is -1.18. The van der Waals surface area contributed by atoms with Crippen LogP contribution in [0.1, 0.15) is 12.8 Å². The molecule has 1 fully saturated rings. The summed E-state index contributed by atoms with van der Waals surface area (Å²) >= 11 is 12.3. The molecule has 0 spiro atoms. The highest BCUT2D eigenvalue weighted by atomic mass is 79.9. The van der Waals surface area contributed by atoms with Crippen LogP contribution in [0.15, 0.2) is 39.3 Å². The number of rotatable bonds is 3. The second kappa shape index (κ2) is 7.80. The third kappa shape index (κ3) is 4.07. The van der Waals surface area contributed by atoms with Gasteiger partial charge in [0.15, 0.2) is 11.7 Å². The van der Waals surface area contributed by atoms with Crippen molar-refractivity contribution >= 4 is 65.9 Å². The highest BCUT2D eigenvalue weighted by Crippen LogP contribution is 2.34. The number of hydrogen-bond acceptors (Lipinski definition) is 3. The van der Waals surface area contributed by atoms with Crippen LogP contribution in [-0.2, 0) is 4.79 Å². The van der Waals surface area contributed by atoms with E-state index in [0.29, 0.717) is 10.9 Å². The largest absolute Gasteiger partial charge is 0.483 e. The standard InChI is InChI=1S/C17H16Br2N2O2S/c18-12-4-5-13-11(9-12)3-6-14(16(13)19)23-10-15(22)20-17(24)21-7-1-2-8-21/h3-6,9H,1-2,7-8,10H2,(H,20,22,24). The quantitative estimate of drug-likeness (QED) is 0.679. The maximum absolute atomic E-state index is 12.0. The van der Waals surface area contributed by atoms with Crippen molar-refractivity contribution in [3.8, 4) is 5.75 Å². The number of ether oxygens (including phenoxy) is 1. The SMILES string of the molecule is O=C(COc1ccc2cc(Br)ccc2c1Br)NC(=S)N1CCCC1. The Labute approximate surface area is 162 Å². The molecule has 1 N–H and O–H groups in total. The van der Waals surface area contributed by atoms with Gasteiger partial charge >= 0.3 is 0 Å². The zero-order chi connectivity index (χ0) is 17.1. The van der Waals surface area contributed by atoms with Crippen molar-refractivity contribution in [2.45, 2.75) is 12.8 Å². The zero-order valence-electron chi connectivity index (χ0n) is 12.9. The van der Waals surface area contributed by atoms with Crippen LogP contribution in [0.4, 0.5) is 0 Å². The van der Waals surface area contributed by atoms with Crippen molar-refractivity contribution in [3.63, 3.8) is 0 Å². The van der Waals surface area contributed by atoms with Crippen LogP contribution >= 0.6 is 44.1 Å². The number of fused-ring (bicyclic) bond motifs is 1. The number of benzene rings is 2. The van der Waals surface area contributed by atoms with E-state index in [-0.39, 0.29) is 12.5 Å². The fourth-order valence-corrected chi connectivity index (χ4v) is 3.94. The number of carbonyl (C=O) groups excluding carboxylic acids is 1. The van der Waals surface area contributed by atoms with Gasteiger partial charge in [-0.15, -0.1) is 0 Å². The molecule has 0 aromatic heterocycles. The molecule has 1 heterocycles. The van der Waals surface area contributed by atoms with E-state index in [1.54, 1.807) is 0 Å². The fourth-order valence-electron chi connectivity index (χ4n) is 2.65. The Morgan fingerprint density at radius 1 is 1.21 bits per heavy atom. The molecule has 0 saturated carbocycles. The molecule has 0 atom stereocenters. The number of halogens is 2. The van der Waals surface area contributed by atoms with Gasteiger partial charge in [0, 0.05) is 17.6 Å². The highest BCUT2D eigenvalue weighted by Gasteiger charge is 2.17. The van der Waals surface area contributed by atoms with E-state index < -0.39 is 0 Å². The lowest BCUT2D eigenvalue weighted by Gasteiger charge is -2.19. The van der Waals surface area contributed by atoms with Gasteiger partial charge in [-0.25, -0.2) is 0 Å². The van der Waals surface area contributed by atoms with E-state index in [9.17, 15) is 4.79 Å². The van der Waals surface area contributed by atoms with Crippen molar-refractivity contribution in [1.82, 2.24) is 10.2 Å². The fraction of sp³-hybridized carbons (Fsp3) is 0.294. The molecule has 1 saturated heterocycles. The van der Waals surface area contributed by atoms with Gasteiger partial charge < -0.3 is 15.0 Å². The summed E-state index contributed by atoms with van der Waals surface area (Å²) in [6.45, 7) is 1.74. The maximum atomic E-state index is 12.0. The monoisotopic (exact) mass is 470 g/mol. The molecule has 1 aliphatic heterocycles. The molecular formula is C17H16Br2N2O2S. The molecule has 7 heteroatoms. The topological polar surface area (TPSA) is 41.6 Å². The Morgan fingerprint density at radius 3 is 2.71 bits per heavy atom. The van der Waals surface area contributed by atoms with Crippen LogP contribution in [0.25, 0.3) is 10.8 Å². The minimum absolute atomic E-state index is 0.0748. The molecule has 0 unspecified atom stereocenters. The van der Waals surface area contributed by atoms with Gasteiger partial charge in [-0.2, -0.15) is 0 Å². The van der Waals surface area contributed by atoms with Crippen LogP contribution in [-0.4, -0.2) is 35.6 Å². The summed E-state index contributed by atoms with van der Waals surface area (Å²) in [5.74, 6) is 0.391. The minimum atomic E-state index is -0.241. The number of thiocarbonyl (C=S) groups is 1. The third-order valence-corrected chi connectivity index (χ3v) is 5.55. The normalized spacial score (nSPS) is 14.0. The van der Waals surface area contributed by atoms with Gasteiger partial charge in [0.2, 0.25) is 0 Å². The van der Waals surface area contributed by atoms with E-state index in [4.69, 9.17) is 17.0 Å². The van der Waals surface area contributed by atoms with Crippen LogP contribution in [0, 0.1) is 0 Å². The first-order chi connectivity index (χ1) is 11.5. The van der Waals surface area contributed by atoms with Crippen molar-refractivity contribution in [2.24, 2.45) is 0 Å². The summed E-state index contributed by atoms with van der Waals surface area (Å²) < 4.78 is 7.51. The van der Waals surface area contributed by atoms with Gasteiger partial charge in [0.05, 0.1) is 4.47 Å². The summed E-state index contributed by atoms with van der Waals surface area (Å²) in [5.41, 5.74) is 0. The van der Waals surface area contributed by atoms with Crippen molar-refractivity contribution < 1.29 is 9.53 Å². The first-order valence-electron chi connectivity index (χ1n) is 7.64. The second-order valence-electron chi connectivity index (χ2n) is 5.58. The lowest BCUT2D eigenvalue weighted by Crippen LogP contribution is -2.42. The Bertz CT molecular complexity index is 791. The van der Waals surface area contributed by atoms with E-state index in [1.807, 2.05) is 35.2 Å². The zero-order valence-corrected chi connectivity index (χ0v) is 16.8. The summed E-state index contributed by atoms with van der Waals surface area (Å²) in [5, 5.41) is 5.34. The number of amides is 1. The number of carbonyl (C=O) groups is 1. The molecule has 0 radical (unpaired) electrons. The molecule has 1 aliphatic rings. The molecule has 0 bridgehead atoms. The molecule has 2 aromatic carbocycles. The second-order valence-corrected chi connectivity index (χ2v) is 7.67. The lowest BCUT2D eigenvalue weighted by atomic mass is 10.1. The average Bonchev–Trinajstić information content (AvgIpc) is 3.08. The summed E-state index contributed by atoms with van der Waals surface area (Å²) in [6, 6.07) is 9.82. The lowest BCUT2D eigenvalue weighted by molar-refractivity contribution is -0.121. The molecule has 1 amide bonds. The van der Waals surface area contributed by atoms with Crippen molar-refractivity contribution in [3.05, 3.63) is 39.3 Å². The van der Waals surface area contributed by atoms with E-state index in [0.717, 1.165) is 45.6 Å². The Kier molecular flexibility index (Phi) is 5.73. The summed E-state index contributed by atoms with van der Waals surface area (Å²) in [4.78, 5) is 14.0. The molecule has 24 heavy (non-hydrogen) atoms. The van der Waals surface area contributed by atoms with E-state index in [2.05, 4.69) is 37.2 Å². The molecular weight excluding hydrogens is 456 g/mol. The van der Waals surface area contributed by atoms with Crippen LogP contribution < -0.4 is 10.1 Å². The van der Waals surface area contributed by atoms with Crippen LogP contribution in [0.2, 0.25) is 0 Å². The van der Waals surface area contributed by atoms with Crippen molar-refractivity contribution in [1.29, 1.82) is 0 Å². The van der Waals surface area contributed by atoms with Crippen LogP contribution in [0.5, 0.6) is 5.75 Å². The number of nitrogens with zero attached hydrogens (tertiary/aromatic N) is 1. The third-order valence-electron chi connectivity index (χ3n) is 3.88. The molecule has 0 aliphatic carbocycles. The average molecular weight is 472 g/mol. The smallest absolute Gasteiger partial charge is 0.264 e. The predicted octanol–water partition coefficient (Wildman–Crippen LogP) is 4.24. The molecule has 2 aromatic rings. The van der Waals surface area contributed by atoms with Gasteiger partial charge in [0.1, 0.15) is 5.75 Å². The van der Waals surface area contributed by atoms with Gasteiger partial charge in [0.25, 0.3) is 5.91 Å². The number of hydrogen-bond donors (Lipinski definition) is 1. The van der Waals surface area contributed by atoms with Crippen LogP contribution in [0.3, 0.4) is 0 Å². The Balaban J connectivity index is 1.62. The number of nitrogens with one attached hydrogen (secondary N) is 1. The predicted molar refractivity (Wildman–Crippen MR) is 106 cm³/mol. The van der Waals surface area contributed by atoms with E-state index in [1.165, 1.54) is 0 Å². The van der Waals surface area contributed by atoms with Crippen molar-refractivity contribution in [2.75, 3.05) is 19.7 Å². The van der Waals surface area contributed by atoms with Gasteiger partial charge in [-0.05, 0) is 70.0 Å².